The number of rotatable bonds is 7. The molecular formula is C20H16ClN7O4S. The molecule has 13 heteroatoms. The average molecular weight is 486 g/mol. The lowest BCUT2D eigenvalue weighted by Crippen LogP contribution is -2.20. The maximum absolute atomic E-state index is 12.6. The van der Waals surface area contributed by atoms with Crippen molar-refractivity contribution in [3.05, 3.63) is 41.1 Å². The van der Waals surface area contributed by atoms with Crippen LogP contribution in [0.5, 0.6) is 11.6 Å². The number of thiazole rings is 1. The maximum atomic E-state index is 12.6. The SMILES string of the molecule is COc1cnc(Cl)cc1-c1cc(C)nc(-c2nc3c(OCC(N)=O)ncnc3s2)c1C(N)=O. The Balaban J connectivity index is 1.95. The van der Waals surface area contributed by atoms with Crippen LogP contribution in [0.2, 0.25) is 5.15 Å². The first kappa shape index (κ1) is 22.3. The number of methoxy groups -OCH3 is 1. The van der Waals surface area contributed by atoms with Crippen LogP contribution in [0.1, 0.15) is 16.1 Å². The normalized spacial score (nSPS) is 10.9. The van der Waals surface area contributed by atoms with Crippen LogP contribution in [-0.2, 0) is 4.79 Å². The van der Waals surface area contributed by atoms with Crippen molar-refractivity contribution in [2.75, 3.05) is 13.7 Å². The van der Waals surface area contributed by atoms with E-state index in [2.05, 4.69) is 24.9 Å². The minimum atomic E-state index is -0.724. The maximum Gasteiger partial charge on any atom is 0.255 e. The average Bonchev–Trinajstić information content (AvgIpc) is 3.21. The molecule has 0 radical (unpaired) electrons. The molecule has 4 aromatic rings. The number of aryl methyl sites for hydroxylation is 1. The predicted octanol–water partition coefficient (Wildman–Crippen LogP) is 2.14. The number of aromatic nitrogens is 5. The van der Waals surface area contributed by atoms with E-state index >= 15 is 0 Å². The molecule has 0 spiro atoms. The molecule has 4 rings (SSSR count). The van der Waals surface area contributed by atoms with Crippen molar-refractivity contribution < 1.29 is 19.1 Å². The van der Waals surface area contributed by atoms with Crippen molar-refractivity contribution in [2.45, 2.75) is 6.92 Å². The van der Waals surface area contributed by atoms with Gasteiger partial charge in [0, 0.05) is 16.8 Å². The standard InChI is InChI=1S/C20H16ClN7O4S/c1-8-3-10(9-4-12(21)24-5-11(9)31-2)14(17(23)30)15(27-8)20-28-16-18(32-6-13(22)29)25-7-26-19(16)33-20/h3-5,7H,6H2,1-2H3,(H2,22,29)(H2,23,30). The van der Waals surface area contributed by atoms with Gasteiger partial charge in [0.05, 0.1) is 18.9 Å². The first-order valence-corrected chi connectivity index (χ1v) is 10.5. The summed E-state index contributed by atoms with van der Waals surface area (Å²) in [7, 11) is 1.48. The number of nitrogens with two attached hydrogens (primary N) is 2. The zero-order chi connectivity index (χ0) is 23.7. The zero-order valence-corrected chi connectivity index (χ0v) is 18.9. The Kier molecular flexibility index (Phi) is 6.03. The third-order valence-electron chi connectivity index (χ3n) is 4.45. The van der Waals surface area contributed by atoms with Gasteiger partial charge in [0.2, 0.25) is 5.88 Å². The highest BCUT2D eigenvalue weighted by Crippen LogP contribution is 2.39. The summed E-state index contributed by atoms with van der Waals surface area (Å²) in [5.74, 6) is -0.908. The number of primary amides is 2. The zero-order valence-electron chi connectivity index (χ0n) is 17.3. The second kappa shape index (κ2) is 8.92. The fourth-order valence-electron chi connectivity index (χ4n) is 3.16. The van der Waals surface area contributed by atoms with Gasteiger partial charge < -0.3 is 20.9 Å². The second-order valence-corrected chi connectivity index (χ2v) is 8.08. The molecule has 0 saturated heterocycles. The van der Waals surface area contributed by atoms with Crippen molar-refractivity contribution in [2.24, 2.45) is 11.5 Å². The summed E-state index contributed by atoms with van der Waals surface area (Å²) in [5, 5.41) is 0.566. The van der Waals surface area contributed by atoms with Gasteiger partial charge >= 0.3 is 0 Å². The molecule has 0 aliphatic heterocycles. The molecule has 0 fully saturated rings. The summed E-state index contributed by atoms with van der Waals surface area (Å²) in [5.41, 5.74) is 13.2. The molecule has 33 heavy (non-hydrogen) atoms. The molecule has 4 N–H and O–H groups in total. The lowest BCUT2D eigenvalue weighted by molar-refractivity contribution is -0.120. The topological polar surface area (TPSA) is 169 Å². The minimum absolute atomic E-state index is 0.0809. The molecule has 11 nitrogen and oxygen atoms in total. The fourth-order valence-corrected chi connectivity index (χ4v) is 4.21. The Morgan fingerprint density at radius 2 is 1.91 bits per heavy atom. The Hall–Kier alpha value is -3.90. The minimum Gasteiger partial charge on any atom is -0.494 e. The number of halogens is 1. The van der Waals surface area contributed by atoms with Gasteiger partial charge in [-0.15, -0.1) is 0 Å². The van der Waals surface area contributed by atoms with E-state index in [0.29, 0.717) is 37.9 Å². The van der Waals surface area contributed by atoms with Crippen molar-refractivity contribution in [3.8, 4) is 33.5 Å². The summed E-state index contributed by atoms with van der Waals surface area (Å²) >= 11 is 7.26. The number of carbonyl (C=O) groups is 2. The molecule has 0 aliphatic carbocycles. The quantitative estimate of drug-likeness (QED) is 0.372. The van der Waals surface area contributed by atoms with Gasteiger partial charge in [0.15, 0.2) is 17.0 Å². The summed E-state index contributed by atoms with van der Waals surface area (Å²) in [6.45, 7) is 1.39. The Morgan fingerprint density at radius 3 is 2.61 bits per heavy atom. The van der Waals surface area contributed by atoms with Crippen LogP contribution in [0.15, 0.2) is 24.7 Å². The molecular weight excluding hydrogens is 470 g/mol. The summed E-state index contributed by atoms with van der Waals surface area (Å²) in [6.07, 6.45) is 2.72. The Labute approximate surface area is 195 Å². The van der Waals surface area contributed by atoms with Crippen molar-refractivity contribution >= 4 is 45.1 Å². The van der Waals surface area contributed by atoms with Crippen LogP contribution in [0.4, 0.5) is 0 Å². The second-order valence-electron chi connectivity index (χ2n) is 6.71. The highest BCUT2D eigenvalue weighted by molar-refractivity contribution is 7.21. The number of hydrogen-bond acceptors (Lipinski definition) is 10. The van der Waals surface area contributed by atoms with Crippen LogP contribution >= 0.6 is 22.9 Å². The van der Waals surface area contributed by atoms with Gasteiger partial charge in [-0.3, -0.25) is 9.59 Å². The third-order valence-corrected chi connectivity index (χ3v) is 5.63. The lowest BCUT2D eigenvalue weighted by Gasteiger charge is -2.14. The van der Waals surface area contributed by atoms with Crippen LogP contribution in [-0.4, -0.2) is 50.5 Å². The van der Waals surface area contributed by atoms with Crippen molar-refractivity contribution in [1.29, 1.82) is 0 Å². The van der Waals surface area contributed by atoms with Crippen LogP contribution < -0.4 is 20.9 Å². The number of carbonyl (C=O) groups excluding carboxylic acids is 2. The van der Waals surface area contributed by atoms with Crippen molar-refractivity contribution in [3.63, 3.8) is 0 Å². The van der Waals surface area contributed by atoms with Gasteiger partial charge in [-0.1, -0.05) is 22.9 Å². The van der Waals surface area contributed by atoms with Gasteiger partial charge in [-0.2, -0.15) is 4.98 Å². The Morgan fingerprint density at radius 1 is 1.12 bits per heavy atom. The summed E-state index contributed by atoms with van der Waals surface area (Å²) < 4.78 is 10.7. The van der Waals surface area contributed by atoms with E-state index in [0.717, 1.165) is 11.3 Å². The van der Waals surface area contributed by atoms with E-state index in [1.54, 1.807) is 19.1 Å². The number of pyridine rings is 2. The van der Waals surface area contributed by atoms with Gasteiger partial charge in [0.25, 0.3) is 11.8 Å². The number of nitrogens with zero attached hydrogens (tertiary/aromatic N) is 5. The predicted molar refractivity (Wildman–Crippen MR) is 121 cm³/mol. The molecule has 0 atom stereocenters. The van der Waals surface area contributed by atoms with Crippen LogP contribution in [0.3, 0.4) is 0 Å². The highest BCUT2D eigenvalue weighted by Gasteiger charge is 2.25. The molecule has 0 unspecified atom stereocenters. The van der Waals surface area contributed by atoms with E-state index in [1.165, 1.54) is 19.6 Å². The number of amides is 2. The Bertz CT molecular complexity index is 1410. The van der Waals surface area contributed by atoms with E-state index in [9.17, 15) is 9.59 Å². The third kappa shape index (κ3) is 4.38. The first-order chi connectivity index (χ1) is 15.8. The molecule has 168 valence electrons. The van der Waals surface area contributed by atoms with E-state index in [4.69, 9.17) is 32.5 Å². The first-order valence-electron chi connectivity index (χ1n) is 9.32. The molecule has 0 aromatic carbocycles. The van der Waals surface area contributed by atoms with E-state index in [1.807, 2.05) is 0 Å². The molecule has 4 heterocycles. The number of ether oxygens (including phenoxy) is 2. The molecule has 0 saturated carbocycles. The summed E-state index contributed by atoms with van der Waals surface area (Å²) in [4.78, 5) is 45.4. The van der Waals surface area contributed by atoms with Gasteiger partial charge in [-0.25, -0.2) is 19.9 Å². The number of fused-ring (bicyclic) bond motifs is 1. The van der Waals surface area contributed by atoms with Gasteiger partial charge in [0.1, 0.15) is 27.9 Å². The fraction of sp³-hybridized carbons (Fsp3) is 0.150. The van der Waals surface area contributed by atoms with E-state index in [-0.39, 0.29) is 28.9 Å². The van der Waals surface area contributed by atoms with E-state index < -0.39 is 11.8 Å². The van der Waals surface area contributed by atoms with Crippen LogP contribution in [0.25, 0.3) is 32.2 Å². The molecule has 0 aliphatic rings. The smallest absolute Gasteiger partial charge is 0.255 e. The largest absolute Gasteiger partial charge is 0.494 e. The lowest BCUT2D eigenvalue weighted by atomic mass is 9.97. The highest BCUT2D eigenvalue weighted by atomic mass is 35.5. The number of hydrogen-bond donors (Lipinski definition) is 2. The van der Waals surface area contributed by atoms with Gasteiger partial charge in [-0.05, 0) is 19.1 Å². The van der Waals surface area contributed by atoms with Crippen molar-refractivity contribution in [1.82, 2.24) is 24.9 Å². The molecule has 2 amide bonds. The molecule has 0 bridgehead atoms. The monoisotopic (exact) mass is 485 g/mol. The van der Waals surface area contributed by atoms with Crippen LogP contribution in [0, 0.1) is 6.92 Å². The summed E-state index contributed by atoms with van der Waals surface area (Å²) in [6, 6.07) is 3.28. The molecule has 4 aromatic heterocycles.